The van der Waals surface area contributed by atoms with Gasteiger partial charge in [-0.15, -0.1) is 0 Å². The molecule has 1 heterocycles. The number of imidazole rings is 1. The van der Waals surface area contributed by atoms with Crippen LogP contribution in [0.25, 0.3) is 0 Å². The largest absolute Gasteiger partial charge is 0.351 e. The molecule has 2 nitrogen and oxygen atoms in total. The second kappa shape index (κ2) is 5.38. The summed E-state index contributed by atoms with van der Waals surface area (Å²) in [6.07, 6.45) is 5.08. The number of hydrogen-bond donors (Lipinski definition) is 1. The summed E-state index contributed by atoms with van der Waals surface area (Å²) in [7, 11) is 0. The zero-order chi connectivity index (χ0) is 8.65. The minimum Gasteiger partial charge on any atom is -0.351 e. The molecule has 0 spiro atoms. The van der Waals surface area contributed by atoms with E-state index in [1.807, 2.05) is 30.3 Å². The van der Waals surface area contributed by atoms with Crippen molar-refractivity contribution in [3.8, 4) is 0 Å². The summed E-state index contributed by atoms with van der Waals surface area (Å²) in [6, 6.07) is 9.44. The van der Waals surface area contributed by atoms with Crippen molar-refractivity contribution in [2.24, 2.45) is 0 Å². The van der Waals surface area contributed by atoms with Gasteiger partial charge in [-0.05, 0) is 12.1 Å². The number of aromatic nitrogens is 2. The van der Waals surface area contributed by atoms with Crippen molar-refractivity contribution >= 4 is 11.6 Å². The van der Waals surface area contributed by atoms with E-state index >= 15 is 0 Å². The van der Waals surface area contributed by atoms with E-state index in [0.717, 1.165) is 5.02 Å². The van der Waals surface area contributed by atoms with Gasteiger partial charge in [0.2, 0.25) is 0 Å². The van der Waals surface area contributed by atoms with Crippen LogP contribution in [-0.4, -0.2) is 9.97 Å². The molecule has 1 aromatic carbocycles. The molecule has 2 rings (SSSR count). The van der Waals surface area contributed by atoms with Crippen LogP contribution in [0, 0.1) is 0 Å². The maximum Gasteiger partial charge on any atom is 0.0919 e. The molecular formula is C9H9ClN2. The van der Waals surface area contributed by atoms with Crippen LogP contribution >= 0.6 is 11.6 Å². The van der Waals surface area contributed by atoms with Crippen molar-refractivity contribution in [3.05, 3.63) is 54.1 Å². The molecule has 0 radical (unpaired) electrons. The highest BCUT2D eigenvalue weighted by Gasteiger charge is 1.74. The lowest BCUT2D eigenvalue weighted by molar-refractivity contribution is 1.31. The second-order valence-corrected chi connectivity index (χ2v) is 2.49. The molecule has 0 unspecified atom stereocenters. The fourth-order valence-electron chi connectivity index (χ4n) is 0.630. The van der Waals surface area contributed by atoms with Crippen molar-refractivity contribution in [1.82, 2.24) is 9.97 Å². The first kappa shape index (κ1) is 8.81. The number of hydrogen-bond acceptors (Lipinski definition) is 1. The van der Waals surface area contributed by atoms with Crippen molar-refractivity contribution in [3.63, 3.8) is 0 Å². The third-order valence-electron chi connectivity index (χ3n) is 1.14. The highest BCUT2D eigenvalue weighted by Crippen LogP contribution is 2.03. The molecule has 62 valence electrons. The van der Waals surface area contributed by atoms with E-state index in [4.69, 9.17) is 11.6 Å². The molecule has 0 bridgehead atoms. The molecule has 2 aromatic rings. The quantitative estimate of drug-likeness (QED) is 0.664. The van der Waals surface area contributed by atoms with Gasteiger partial charge < -0.3 is 4.98 Å². The van der Waals surface area contributed by atoms with Gasteiger partial charge in [-0.2, -0.15) is 0 Å². The molecule has 1 aromatic heterocycles. The Morgan fingerprint density at radius 3 is 2.17 bits per heavy atom. The Morgan fingerprint density at radius 1 is 1.17 bits per heavy atom. The van der Waals surface area contributed by atoms with Gasteiger partial charge in [0.25, 0.3) is 0 Å². The summed E-state index contributed by atoms with van der Waals surface area (Å²) >= 11 is 5.54. The van der Waals surface area contributed by atoms with E-state index in [1.165, 1.54) is 0 Å². The predicted octanol–water partition coefficient (Wildman–Crippen LogP) is 2.75. The molecule has 0 aliphatic heterocycles. The summed E-state index contributed by atoms with van der Waals surface area (Å²) in [6.45, 7) is 0. The average Bonchev–Trinajstić information content (AvgIpc) is 2.62. The molecule has 0 aliphatic carbocycles. The van der Waals surface area contributed by atoms with E-state index in [9.17, 15) is 0 Å². The van der Waals surface area contributed by atoms with Crippen molar-refractivity contribution in [2.45, 2.75) is 0 Å². The maximum absolute atomic E-state index is 5.54. The van der Waals surface area contributed by atoms with Crippen LogP contribution in [0.3, 0.4) is 0 Å². The van der Waals surface area contributed by atoms with Crippen LogP contribution in [0.15, 0.2) is 49.1 Å². The van der Waals surface area contributed by atoms with Gasteiger partial charge in [0.05, 0.1) is 6.33 Å². The average molecular weight is 181 g/mol. The smallest absolute Gasteiger partial charge is 0.0919 e. The summed E-state index contributed by atoms with van der Waals surface area (Å²) in [5.74, 6) is 0. The van der Waals surface area contributed by atoms with Gasteiger partial charge in [-0.1, -0.05) is 29.8 Å². The van der Waals surface area contributed by atoms with Gasteiger partial charge in [0.1, 0.15) is 0 Å². The molecule has 12 heavy (non-hydrogen) atoms. The van der Waals surface area contributed by atoms with Gasteiger partial charge in [-0.3, -0.25) is 0 Å². The van der Waals surface area contributed by atoms with Gasteiger partial charge in [-0.25, -0.2) is 4.98 Å². The first-order chi connectivity index (χ1) is 5.89. The van der Waals surface area contributed by atoms with Crippen molar-refractivity contribution in [2.75, 3.05) is 0 Å². The normalized spacial score (nSPS) is 8.42. The van der Waals surface area contributed by atoms with Gasteiger partial charge in [0, 0.05) is 17.4 Å². The molecule has 0 amide bonds. The first-order valence-electron chi connectivity index (χ1n) is 3.53. The topological polar surface area (TPSA) is 28.7 Å². The summed E-state index contributed by atoms with van der Waals surface area (Å²) < 4.78 is 0. The molecule has 0 fully saturated rings. The SMILES string of the molecule is Clc1ccccc1.c1c[nH]cn1. The Bertz CT molecular complexity index is 261. The van der Waals surface area contributed by atoms with Crippen LogP contribution in [0.2, 0.25) is 5.02 Å². The Labute approximate surface area is 76.2 Å². The van der Waals surface area contributed by atoms with E-state index in [1.54, 1.807) is 18.7 Å². The summed E-state index contributed by atoms with van der Waals surface area (Å²) in [4.78, 5) is 6.42. The Balaban J connectivity index is 0.000000127. The Kier molecular flexibility index (Phi) is 3.95. The highest BCUT2D eigenvalue weighted by atomic mass is 35.5. The minimum absolute atomic E-state index is 0.794. The summed E-state index contributed by atoms with van der Waals surface area (Å²) in [5, 5.41) is 0.794. The van der Waals surface area contributed by atoms with E-state index in [-0.39, 0.29) is 0 Å². The Hall–Kier alpha value is -1.28. The zero-order valence-corrected chi connectivity index (χ0v) is 7.20. The highest BCUT2D eigenvalue weighted by molar-refractivity contribution is 6.30. The van der Waals surface area contributed by atoms with Gasteiger partial charge in [0.15, 0.2) is 0 Å². The molecular weight excluding hydrogens is 172 g/mol. The predicted molar refractivity (Wildman–Crippen MR) is 50.0 cm³/mol. The monoisotopic (exact) mass is 180 g/mol. The van der Waals surface area contributed by atoms with E-state index in [0.29, 0.717) is 0 Å². The molecule has 0 saturated carbocycles. The lowest BCUT2D eigenvalue weighted by atomic mass is 10.4. The number of nitrogens with one attached hydrogen (secondary N) is 1. The van der Waals surface area contributed by atoms with Crippen LogP contribution in [0.4, 0.5) is 0 Å². The number of rotatable bonds is 0. The standard InChI is InChI=1S/C6H5Cl.C3H4N2/c7-6-4-2-1-3-5-6;1-2-5-3-4-1/h1-5H;1-3H,(H,4,5). The molecule has 3 heteroatoms. The zero-order valence-electron chi connectivity index (χ0n) is 6.44. The number of benzene rings is 1. The van der Waals surface area contributed by atoms with E-state index in [2.05, 4.69) is 9.97 Å². The van der Waals surface area contributed by atoms with E-state index < -0.39 is 0 Å². The second-order valence-electron chi connectivity index (χ2n) is 2.06. The number of nitrogens with zero attached hydrogens (tertiary/aromatic N) is 1. The van der Waals surface area contributed by atoms with Crippen LogP contribution in [0.1, 0.15) is 0 Å². The molecule has 0 aliphatic rings. The molecule has 0 saturated heterocycles. The van der Waals surface area contributed by atoms with Crippen LogP contribution in [0.5, 0.6) is 0 Å². The molecule has 1 N–H and O–H groups in total. The maximum atomic E-state index is 5.54. The summed E-state index contributed by atoms with van der Waals surface area (Å²) in [5.41, 5.74) is 0. The van der Waals surface area contributed by atoms with Crippen LogP contribution < -0.4 is 0 Å². The Morgan fingerprint density at radius 2 is 1.92 bits per heavy atom. The molecule has 0 atom stereocenters. The lowest BCUT2D eigenvalue weighted by Crippen LogP contribution is -1.55. The first-order valence-corrected chi connectivity index (χ1v) is 3.90. The fourth-order valence-corrected chi connectivity index (χ4v) is 0.775. The van der Waals surface area contributed by atoms with Crippen molar-refractivity contribution in [1.29, 1.82) is 0 Å². The van der Waals surface area contributed by atoms with Crippen molar-refractivity contribution < 1.29 is 0 Å². The van der Waals surface area contributed by atoms with Crippen LogP contribution in [-0.2, 0) is 0 Å². The third-order valence-corrected chi connectivity index (χ3v) is 1.39. The fraction of sp³-hybridized carbons (Fsp3) is 0. The third kappa shape index (κ3) is 3.78. The minimum atomic E-state index is 0.794. The number of aromatic amines is 1. The number of H-pyrrole nitrogens is 1. The number of halogens is 1. The van der Waals surface area contributed by atoms with Gasteiger partial charge >= 0.3 is 0 Å². The lowest BCUT2D eigenvalue weighted by Gasteiger charge is -1.80.